The molecule has 2 aromatic heterocycles. The molecular weight excluding hydrogens is 398 g/mol. The summed E-state index contributed by atoms with van der Waals surface area (Å²) in [4.78, 5) is 9.06. The van der Waals surface area contributed by atoms with E-state index in [2.05, 4.69) is 39.1 Å². The van der Waals surface area contributed by atoms with Crippen molar-refractivity contribution >= 4 is 32.9 Å². The van der Waals surface area contributed by atoms with Gasteiger partial charge < -0.3 is 5.73 Å². The summed E-state index contributed by atoms with van der Waals surface area (Å²) in [7, 11) is 0. The van der Waals surface area contributed by atoms with E-state index in [1.807, 2.05) is 16.9 Å². The average Bonchev–Trinajstić information content (AvgIpc) is 3.05. The standard InChI is InChI=1S/C18H22BrN5S/c1-17(12-18(25-16(20)23-17)5-3-2-4-6-18)13-8-22-24(11-13)15-7-14(19)9-21-10-15/h7-11H,2-6,12H2,1H3,(H2,20,23). The molecule has 2 aromatic rings. The van der Waals surface area contributed by atoms with Gasteiger partial charge in [-0.15, -0.1) is 0 Å². The highest BCUT2D eigenvalue weighted by Crippen LogP contribution is 2.51. The number of amidine groups is 1. The van der Waals surface area contributed by atoms with Crippen molar-refractivity contribution in [1.29, 1.82) is 0 Å². The molecule has 0 radical (unpaired) electrons. The molecule has 0 amide bonds. The Labute approximate surface area is 160 Å². The second kappa shape index (κ2) is 6.43. The smallest absolute Gasteiger partial charge is 0.155 e. The van der Waals surface area contributed by atoms with E-state index in [9.17, 15) is 0 Å². The first-order valence-corrected chi connectivity index (χ1v) is 10.3. The molecular formula is C18H22BrN5S. The fourth-order valence-electron chi connectivity index (χ4n) is 4.10. The second-order valence-corrected chi connectivity index (χ2v) is 9.69. The number of aliphatic imine (C=N–C) groups is 1. The largest absolute Gasteiger partial charge is 0.378 e. The van der Waals surface area contributed by atoms with Crippen LogP contribution in [-0.2, 0) is 5.54 Å². The molecule has 5 nitrogen and oxygen atoms in total. The monoisotopic (exact) mass is 419 g/mol. The third-order valence-corrected chi connectivity index (χ3v) is 6.99. The zero-order valence-electron chi connectivity index (χ0n) is 14.3. The first-order valence-electron chi connectivity index (χ1n) is 8.69. The first-order chi connectivity index (χ1) is 12.0. The van der Waals surface area contributed by atoms with Crippen molar-refractivity contribution in [2.24, 2.45) is 10.7 Å². The lowest BCUT2D eigenvalue weighted by molar-refractivity contribution is 0.303. The van der Waals surface area contributed by atoms with Crippen LogP contribution in [0.2, 0.25) is 0 Å². The SMILES string of the molecule is CC1(c2cnn(-c3cncc(Br)c3)c2)CC2(CCCCC2)SC(N)=N1. The highest BCUT2D eigenvalue weighted by molar-refractivity contribution is 9.10. The Bertz CT molecular complexity index is 811. The molecule has 7 heteroatoms. The molecule has 0 saturated heterocycles. The molecule has 132 valence electrons. The van der Waals surface area contributed by atoms with Gasteiger partial charge >= 0.3 is 0 Å². The predicted molar refractivity (Wildman–Crippen MR) is 106 cm³/mol. The lowest BCUT2D eigenvalue weighted by atomic mass is 9.77. The molecule has 1 atom stereocenters. The molecule has 1 aliphatic carbocycles. The highest BCUT2D eigenvalue weighted by atomic mass is 79.9. The Kier molecular flexibility index (Phi) is 4.40. The molecule has 1 fully saturated rings. The summed E-state index contributed by atoms with van der Waals surface area (Å²) in [5.74, 6) is 0. The zero-order chi connectivity index (χ0) is 17.5. The van der Waals surface area contributed by atoms with E-state index < -0.39 is 0 Å². The van der Waals surface area contributed by atoms with Crippen molar-refractivity contribution in [3.8, 4) is 5.69 Å². The number of hydrogen-bond acceptors (Lipinski definition) is 5. The third-order valence-electron chi connectivity index (χ3n) is 5.27. The number of nitrogens with zero attached hydrogens (tertiary/aromatic N) is 4. The third kappa shape index (κ3) is 3.36. The molecule has 1 saturated carbocycles. The Morgan fingerprint density at radius 2 is 2.00 bits per heavy atom. The normalized spacial score (nSPS) is 25.8. The molecule has 1 spiro atoms. The van der Waals surface area contributed by atoms with Gasteiger partial charge in [-0.3, -0.25) is 9.98 Å². The molecule has 0 aromatic carbocycles. The molecule has 1 aliphatic heterocycles. The van der Waals surface area contributed by atoms with E-state index in [0.717, 1.165) is 22.1 Å². The van der Waals surface area contributed by atoms with Crippen LogP contribution in [-0.4, -0.2) is 24.7 Å². The Morgan fingerprint density at radius 3 is 2.76 bits per heavy atom. The second-order valence-electron chi connectivity index (χ2n) is 7.28. The molecule has 2 N–H and O–H groups in total. The van der Waals surface area contributed by atoms with Gasteiger partial charge in [0.25, 0.3) is 0 Å². The summed E-state index contributed by atoms with van der Waals surface area (Å²) < 4.78 is 3.03. The zero-order valence-corrected chi connectivity index (χ0v) is 16.7. The number of halogens is 1. The van der Waals surface area contributed by atoms with Gasteiger partial charge in [-0.1, -0.05) is 31.0 Å². The molecule has 2 aliphatic rings. The van der Waals surface area contributed by atoms with Gasteiger partial charge in [-0.05, 0) is 48.2 Å². The fraction of sp³-hybridized carbons (Fsp3) is 0.500. The van der Waals surface area contributed by atoms with Crippen molar-refractivity contribution in [2.45, 2.75) is 55.7 Å². The van der Waals surface area contributed by atoms with E-state index in [4.69, 9.17) is 10.7 Å². The predicted octanol–water partition coefficient (Wildman–Crippen LogP) is 4.40. The summed E-state index contributed by atoms with van der Waals surface area (Å²) in [5.41, 5.74) is 7.99. The Balaban J connectivity index is 1.67. The van der Waals surface area contributed by atoms with E-state index in [1.165, 1.54) is 32.1 Å². The van der Waals surface area contributed by atoms with Crippen molar-refractivity contribution in [3.05, 3.63) is 40.9 Å². The molecule has 3 heterocycles. The van der Waals surface area contributed by atoms with Gasteiger partial charge in [0, 0.05) is 27.2 Å². The van der Waals surface area contributed by atoms with E-state index in [1.54, 1.807) is 24.2 Å². The summed E-state index contributed by atoms with van der Waals surface area (Å²) in [6.45, 7) is 2.19. The number of thioether (sulfide) groups is 1. The maximum Gasteiger partial charge on any atom is 0.155 e. The van der Waals surface area contributed by atoms with Crippen molar-refractivity contribution < 1.29 is 0 Å². The lowest BCUT2D eigenvalue weighted by Gasteiger charge is -2.45. The van der Waals surface area contributed by atoms with Crippen LogP contribution in [0.25, 0.3) is 5.69 Å². The van der Waals surface area contributed by atoms with Gasteiger partial charge in [0.15, 0.2) is 5.17 Å². The Morgan fingerprint density at radius 1 is 1.20 bits per heavy atom. The Hall–Kier alpha value is -1.34. The average molecular weight is 420 g/mol. The van der Waals surface area contributed by atoms with Crippen LogP contribution in [0.15, 0.2) is 40.3 Å². The maximum absolute atomic E-state index is 6.26. The van der Waals surface area contributed by atoms with Gasteiger partial charge in [-0.2, -0.15) is 5.10 Å². The topological polar surface area (TPSA) is 69.1 Å². The molecule has 4 rings (SSSR count). The van der Waals surface area contributed by atoms with Crippen molar-refractivity contribution in [2.75, 3.05) is 0 Å². The number of pyridine rings is 1. The number of aromatic nitrogens is 3. The fourth-order valence-corrected chi connectivity index (χ4v) is 5.99. The number of nitrogens with two attached hydrogens (primary N) is 1. The summed E-state index contributed by atoms with van der Waals surface area (Å²) in [6.07, 6.45) is 15.0. The molecule has 1 unspecified atom stereocenters. The summed E-state index contributed by atoms with van der Waals surface area (Å²) in [6, 6.07) is 2.00. The van der Waals surface area contributed by atoms with Gasteiger partial charge in [0.1, 0.15) is 0 Å². The van der Waals surface area contributed by atoms with Crippen LogP contribution in [0.5, 0.6) is 0 Å². The van der Waals surface area contributed by atoms with E-state index >= 15 is 0 Å². The molecule has 25 heavy (non-hydrogen) atoms. The summed E-state index contributed by atoms with van der Waals surface area (Å²) in [5, 5.41) is 5.26. The maximum atomic E-state index is 6.26. The minimum absolute atomic E-state index is 0.234. The van der Waals surface area contributed by atoms with Crippen molar-refractivity contribution in [1.82, 2.24) is 14.8 Å². The number of hydrogen-bond donors (Lipinski definition) is 1. The van der Waals surface area contributed by atoms with Gasteiger partial charge in [0.05, 0.1) is 23.6 Å². The first kappa shape index (κ1) is 17.1. The van der Waals surface area contributed by atoms with Crippen LogP contribution >= 0.6 is 27.7 Å². The lowest BCUT2D eigenvalue weighted by Crippen LogP contribution is -2.43. The number of rotatable bonds is 2. The van der Waals surface area contributed by atoms with Crippen LogP contribution in [0.3, 0.4) is 0 Å². The van der Waals surface area contributed by atoms with Crippen LogP contribution in [0.1, 0.15) is 51.0 Å². The summed E-state index contributed by atoms with van der Waals surface area (Å²) >= 11 is 5.26. The van der Waals surface area contributed by atoms with Crippen LogP contribution in [0, 0.1) is 0 Å². The minimum Gasteiger partial charge on any atom is -0.378 e. The quantitative estimate of drug-likeness (QED) is 0.782. The van der Waals surface area contributed by atoms with Crippen molar-refractivity contribution in [3.63, 3.8) is 0 Å². The van der Waals surface area contributed by atoms with E-state index in [0.29, 0.717) is 5.17 Å². The van der Waals surface area contributed by atoms with Crippen LogP contribution in [0.4, 0.5) is 0 Å². The highest BCUT2D eigenvalue weighted by Gasteiger charge is 2.45. The minimum atomic E-state index is -0.315. The van der Waals surface area contributed by atoms with Gasteiger partial charge in [-0.25, -0.2) is 4.68 Å². The molecule has 0 bridgehead atoms. The van der Waals surface area contributed by atoms with Gasteiger partial charge in [0.2, 0.25) is 0 Å². The van der Waals surface area contributed by atoms with E-state index in [-0.39, 0.29) is 10.3 Å². The van der Waals surface area contributed by atoms with Crippen LogP contribution < -0.4 is 5.73 Å².